The number of nitrogens with zero attached hydrogens (tertiary/aromatic N) is 3. The minimum Gasteiger partial charge on any atom is -0.395 e. The molecule has 0 aliphatic heterocycles. The summed E-state index contributed by atoms with van der Waals surface area (Å²) < 4.78 is 0. The first kappa shape index (κ1) is 12.7. The Morgan fingerprint density at radius 2 is 2.44 bits per heavy atom. The lowest BCUT2D eigenvalue weighted by Gasteiger charge is -2.20. The van der Waals surface area contributed by atoms with E-state index < -0.39 is 0 Å². The lowest BCUT2D eigenvalue weighted by atomic mass is 10.2. The van der Waals surface area contributed by atoms with Gasteiger partial charge in [0, 0.05) is 17.5 Å². The van der Waals surface area contributed by atoms with Gasteiger partial charge in [0.25, 0.3) is 0 Å². The van der Waals surface area contributed by atoms with Crippen molar-refractivity contribution in [3.63, 3.8) is 0 Å². The fourth-order valence-electron chi connectivity index (χ4n) is 1.22. The molecule has 5 nitrogen and oxygen atoms in total. The van der Waals surface area contributed by atoms with Crippen molar-refractivity contribution in [3.8, 4) is 6.07 Å². The minimum absolute atomic E-state index is 0.0361. The van der Waals surface area contributed by atoms with Gasteiger partial charge in [-0.15, -0.1) is 0 Å². The first-order valence-electron chi connectivity index (χ1n) is 4.84. The molecule has 0 aliphatic rings. The molecule has 6 heteroatoms. The van der Waals surface area contributed by atoms with Crippen molar-refractivity contribution >= 4 is 17.7 Å². The lowest BCUT2D eigenvalue weighted by Crippen LogP contribution is -2.31. The fourth-order valence-corrected chi connectivity index (χ4v) is 1.85. The van der Waals surface area contributed by atoms with Gasteiger partial charge in [0.2, 0.25) is 5.95 Å². The average molecular weight is 238 g/mol. The Morgan fingerprint density at radius 3 is 3.00 bits per heavy atom. The summed E-state index contributed by atoms with van der Waals surface area (Å²) in [7, 11) is 0. The minimum atomic E-state index is 0.0361. The molecule has 2 atom stereocenters. The van der Waals surface area contributed by atoms with Crippen molar-refractivity contribution in [2.24, 2.45) is 0 Å². The molecule has 2 N–H and O–H groups in total. The second kappa shape index (κ2) is 6.30. The van der Waals surface area contributed by atoms with Gasteiger partial charge >= 0.3 is 0 Å². The third kappa shape index (κ3) is 3.36. The highest BCUT2D eigenvalue weighted by atomic mass is 32.2. The molecule has 1 aromatic heterocycles. The molecule has 0 aromatic carbocycles. The molecule has 1 aromatic rings. The van der Waals surface area contributed by atoms with Gasteiger partial charge in [-0.05, 0) is 19.2 Å². The van der Waals surface area contributed by atoms with Gasteiger partial charge < -0.3 is 10.4 Å². The highest BCUT2D eigenvalue weighted by molar-refractivity contribution is 7.99. The maximum atomic E-state index is 9.12. The summed E-state index contributed by atoms with van der Waals surface area (Å²) in [5, 5.41) is 20.9. The Hall–Kier alpha value is -1.32. The van der Waals surface area contributed by atoms with E-state index >= 15 is 0 Å². The van der Waals surface area contributed by atoms with Crippen molar-refractivity contribution in [3.05, 3.63) is 18.0 Å². The number of hydrogen-bond acceptors (Lipinski definition) is 6. The largest absolute Gasteiger partial charge is 0.395 e. The zero-order chi connectivity index (χ0) is 12.0. The van der Waals surface area contributed by atoms with E-state index in [2.05, 4.69) is 15.3 Å². The summed E-state index contributed by atoms with van der Waals surface area (Å²) in [5.74, 6) is 0.416. The molecular weight excluding hydrogens is 224 g/mol. The van der Waals surface area contributed by atoms with E-state index in [9.17, 15) is 0 Å². The summed E-state index contributed by atoms with van der Waals surface area (Å²) >= 11 is 1.57. The number of rotatable bonds is 5. The topological polar surface area (TPSA) is 81.8 Å². The van der Waals surface area contributed by atoms with E-state index in [1.165, 1.54) is 6.20 Å². The number of thioether (sulfide) groups is 1. The number of aliphatic hydroxyl groups excluding tert-OH is 1. The van der Waals surface area contributed by atoms with Gasteiger partial charge in [-0.3, -0.25) is 0 Å². The van der Waals surface area contributed by atoms with E-state index in [1.807, 2.05) is 19.2 Å². The second-order valence-corrected chi connectivity index (χ2v) is 4.34. The Bertz CT molecular complexity index is 375. The molecule has 0 radical (unpaired) electrons. The third-order valence-electron chi connectivity index (χ3n) is 2.17. The van der Waals surface area contributed by atoms with Gasteiger partial charge in [0.05, 0.1) is 6.61 Å². The molecule has 0 spiro atoms. The van der Waals surface area contributed by atoms with Crippen LogP contribution in [0.4, 0.5) is 5.95 Å². The van der Waals surface area contributed by atoms with Crippen molar-refractivity contribution < 1.29 is 5.11 Å². The van der Waals surface area contributed by atoms with Crippen LogP contribution in [0.25, 0.3) is 0 Å². The van der Waals surface area contributed by atoms with Crippen LogP contribution in [0, 0.1) is 11.3 Å². The van der Waals surface area contributed by atoms with Crippen molar-refractivity contribution in [1.29, 1.82) is 5.26 Å². The molecule has 0 saturated carbocycles. The lowest BCUT2D eigenvalue weighted by molar-refractivity contribution is 0.288. The maximum absolute atomic E-state index is 9.12. The molecule has 1 heterocycles. The van der Waals surface area contributed by atoms with Crippen LogP contribution in [0.2, 0.25) is 0 Å². The quantitative estimate of drug-likeness (QED) is 0.792. The summed E-state index contributed by atoms with van der Waals surface area (Å²) in [4.78, 5) is 8.02. The number of nitrogens with one attached hydrogen (secondary N) is 1. The smallest absolute Gasteiger partial charge is 0.224 e. The molecule has 0 fully saturated rings. The van der Waals surface area contributed by atoms with E-state index in [0.717, 1.165) is 0 Å². The molecule has 0 aliphatic carbocycles. The van der Waals surface area contributed by atoms with Crippen LogP contribution in [-0.2, 0) is 0 Å². The molecule has 86 valence electrons. The number of hydrogen-bond donors (Lipinski definition) is 2. The molecule has 0 bridgehead atoms. The molecule has 2 unspecified atom stereocenters. The van der Waals surface area contributed by atoms with Crippen LogP contribution < -0.4 is 5.32 Å². The van der Waals surface area contributed by atoms with Gasteiger partial charge in [0.1, 0.15) is 11.8 Å². The zero-order valence-corrected chi connectivity index (χ0v) is 10.0. The van der Waals surface area contributed by atoms with Crippen LogP contribution in [0.1, 0.15) is 12.6 Å². The number of nitriles is 1. The van der Waals surface area contributed by atoms with Gasteiger partial charge in [-0.2, -0.15) is 17.0 Å². The van der Waals surface area contributed by atoms with Crippen LogP contribution in [-0.4, -0.2) is 39.2 Å². The summed E-state index contributed by atoms with van der Waals surface area (Å²) in [5.41, 5.74) is 0.328. The summed E-state index contributed by atoms with van der Waals surface area (Å²) in [6, 6.07) is 3.54. The Morgan fingerprint density at radius 1 is 1.69 bits per heavy atom. The zero-order valence-electron chi connectivity index (χ0n) is 9.21. The first-order chi connectivity index (χ1) is 7.71. The third-order valence-corrected chi connectivity index (χ3v) is 3.33. The second-order valence-electron chi connectivity index (χ2n) is 3.27. The monoisotopic (exact) mass is 238 g/mol. The van der Waals surface area contributed by atoms with Crippen LogP contribution in [0.3, 0.4) is 0 Å². The number of anilines is 1. The van der Waals surface area contributed by atoms with Crippen molar-refractivity contribution in [2.45, 2.75) is 18.2 Å². The number of aliphatic hydroxyl groups is 1. The average Bonchev–Trinajstić information content (AvgIpc) is 2.31. The van der Waals surface area contributed by atoms with E-state index in [0.29, 0.717) is 11.6 Å². The Labute approximate surface area is 98.9 Å². The Balaban J connectivity index is 2.69. The van der Waals surface area contributed by atoms with Crippen molar-refractivity contribution in [2.75, 3.05) is 18.2 Å². The summed E-state index contributed by atoms with van der Waals surface area (Å²) in [6.45, 7) is 2.03. The SMILES string of the molecule is CSC(CO)C(C)Nc1nccc(C#N)n1. The van der Waals surface area contributed by atoms with Crippen LogP contribution in [0.15, 0.2) is 12.3 Å². The van der Waals surface area contributed by atoms with Gasteiger partial charge in [-0.1, -0.05) is 0 Å². The van der Waals surface area contributed by atoms with E-state index in [4.69, 9.17) is 10.4 Å². The molecule has 1 rings (SSSR count). The van der Waals surface area contributed by atoms with Gasteiger partial charge in [-0.25, -0.2) is 9.97 Å². The molecule has 16 heavy (non-hydrogen) atoms. The number of aromatic nitrogens is 2. The van der Waals surface area contributed by atoms with E-state index in [-0.39, 0.29) is 17.9 Å². The Kier molecular flexibility index (Phi) is 5.02. The highest BCUT2D eigenvalue weighted by Gasteiger charge is 2.15. The standard InChI is InChI=1S/C10H14N4OS/c1-7(9(6-15)16-2)13-10-12-4-3-8(5-11)14-10/h3-4,7,9,15H,6H2,1-2H3,(H,12,13,14). The normalized spacial score (nSPS) is 13.9. The maximum Gasteiger partial charge on any atom is 0.224 e. The predicted molar refractivity (Wildman–Crippen MR) is 64.2 cm³/mol. The molecule has 0 amide bonds. The van der Waals surface area contributed by atoms with Crippen molar-refractivity contribution in [1.82, 2.24) is 9.97 Å². The fraction of sp³-hybridized carbons (Fsp3) is 0.500. The summed E-state index contributed by atoms with van der Waals surface area (Å²) in [6.07, 6.45) is 3.47. The predicted octanol–water partition coefficient (Wildman–Crippen LogP) is 0.873. The molecular formula is C10H14N4OS. The first-order valence-corrected chi connectivity index (χ1v) is 6.13. The highest BCUT2D eigenvalue weighted by Crippen LogP contribution is 2.13. The van der Waals surface area contributed by atoms with Crippen LogP contribution >= 0.6 is 11.8 Å². The van der Waals surface area contributed by atoms with E-state index in [1.54, 1.807) is 17.8 Å². The van der Waals surface area contributed by atoms with Crippen LogP contribution in [0.5, 0.6) is 0 Å². The van der Waals surface area contributed by atoms with Gasteiger partial charge in [0.15, 0.2) is 0 Å². The molecule has 0 saturated heterocycles.